The van der Waals surface area contributed by atoms with Gasteiger partial charge in [0.05, 0.1) is 0 Å². The third-order valence-electron chi connectivity index (χ3n) is 4.17. The molecule has 3 heteroatoms. The van der Waals surface area contributed by atoms with Crippen LogP contribution in [0, 0.1) is 5.92 Å². The Labute approximate surface area is 117 Å². The topological polar surface area (TPSA) is 42.1 Å². The van der Waals surface area contributed by atoms with Crippen LogP contribution in [0.25, 0.3) is 0 Å². The fraction of sp³-hybridized carbons (Fsp3) is 0.688. The largest absolute Gasteiger partial charge is 0.357 e. The second-order valence-corrected chi connectivity index (χ2v) is 5.92. The van der Waals surface area contributed by atoms with Crippen LogP contribution in [-0.4, -0.2) is 24.1 Å². The minimum atomic E-state index is 0.256. The molecule has 2 atom stereocenters. The molecule has 19 heavy (non-hydrogen) atoms. The van der Waals surface area contributed by atoms with Crippen LogP contribution in [0.2, 0.25) is 0 Å². The first-order valence-electron chi connectivity index (χ1n) is 7.64. The predicted molar refractivity (Wildman–Crippen MR) is 81.4 cm³/mol. The van der Waals surface area contributed by atoms with Crippen molar-refractivity contribution in [1.82, 2.24) is 4.98 Å². The SMILES string of the molecule is CCC(N)Cc1ccc(N2CCCC(C)CC2)nc1. The molecule has 106 valence electrons. The van der Waals surface area contributed by atoms with Gasteiger partial charge in [0, 0.05) is 25.3 Å². The van der Waals surface area contributed by atoms with E-state index in [1.807, 2.05) is 6.20 Å². The number of nitrogens with two attached hydrogens (primary N) is 1. The summed E-state index contributed by atoms with van der Waals surface area (Å²) in [5.74, 6) is 1.98. The van der Waals surface area contributed by atoms with Crippen LogP contribution in [0.15, 0.2) is 18.3 Å². The van der Waals surface area contributed by atoms with Gasteiger partial charge >= 0.3 is 0 Å². The van der Waals surface area contributed by atoms with Gasteiger partial charge in [0.25, 0.3) is 0 Å². The number of hydrogen-bond donors (Lipinski definition) is 1. The van der Waals surface area contributed by atoms with Gasteiger partial charge in [-0.05, 0) is 49.7 Å². The molecule has 0 saturated carbocycles. The maximum Gasteiger partial charge on any atom is 0.128 e. The Morgan fingerprint density at radius 1 is 1.37 bits per heavy atom. The third-order valence-corrected chi connectivity index (χ3v) is 4.17. The first-order chi connectivity index (χ1) is 9.19. The van der Waals surface area contributed by atoms with E-state index in [1.165, 1.54) is 24.8 Å². The summed E-state index contributed by atoms with van der Waals surface area (Å²) >= 11 is 0. The molecular formula is C16H27N3. The number of nitrogens with zero attached hydrogens (tertiary/aromatic N) is 2. The van der Waals surface area contributed by atoms with Gasteiger partial charge in [-0.3, -0.25) is 0 Å². The highest BCUT2D eigenvalue weighted by Gasteiger charge is 2.14. The molecule has 1 aliphatic heterocycles. The second kappa shape index (κ2) is 6.90. The highest BCUT2D eigenvalue weighted by atomic mass is 15.2. The fourth-order valence-corrected chi connectivity index (χ4v) is 2.66. The third kappa shape index (κ3) is 4.20. The molecule has 2 unspecified atom stereocenters. The summed E-state index contributed by atoms with van der Waals surface area (Å²) in [7, 11) is 0. The van der Waals surface area contributed by atoms with Crippen molar-refractivity contribution in [3.8, 4) is 0 Å². The number of pyridine rings is 1. The van der Waals surface area contributed by atoms with Crippen molar-refractivity contribution in [2.45, 2.75) is 52.0 Å². The zero-order valence-electron chi connectivity index (χ0n) is 12.3. The normalized spacial score (nSPS) is 22.1. The molecule has 3 nitrogen and oxygen atoms in total. The van der Waals surface area contributed by atoms with E-state index in [2.05, 4.69) is 35.9 Å². The summed E-state index contributed by atoms with van der Waals surface area (Å²) in [5.41, 5.74) is 7.23. The monoisotopic (exact) mass is 261 g/mol. The maximum absolute atomic E-state index is 5.98. The second-order valence-electron chi connectivity index (χ2n) is 5.92. The molecule has 2 heterocycles. The molecule has 1 aromatic heterocycles. The number of aromatic nitrogens is 1. The Morgan fingerprint density at radius 3 is 2.89 bits per heavy atom. The van der Waals surface area contributed by atoms with Crippen LogP contribution in [0.3, 0.4) is 0 Å². The van der Waals surface area contributed by atoms with E-state index in [9.17, 15) is 0 Å². The summed E-state index contributed by atoms with van der Waals surface area (Å²) in [6.07, 6.45) is 7.86. The number of hydrogen-bond acceptors (Lipinski definition) is 3. The van der Waals surface area contributed by atoms with E-state index in [1.54, 1.807) is 0 Å². The lowest BCUT2D eigenvalue weighted by atomic mass is 10.0. The smallest absolute Gasteiger partial charge is 0.128 e. The van der Waals surface area contributed by atoms with E-state index >= 15 is 0 Å². The molecule has 2 N–H and O–H groups in total. The molecule has 0 spiro atoms. The Morgan fingerprint density at radius 2 is 2.21 bits per heavy atom. The summed E-state index contributed by atoms with van der Waals surface area (Å²) in [6.45, 7) is 6.77. The van der Waals surface area contributed by atoms with Crippen LogP contribution >= 0.6 is 0 Å². The van der Waals surface area contributed by atoms with Crippen molar-refractivity contribution >= 4 is 5.82 Å². The van der Waals surface area contributed by atoms with Crippen LogP contribution in [0.5, 0.6) is 0 Å². The summed E-state index contributed by atoms with van der Waals surface area (Å²) in [5, 5.41) is 0. The lowest BCUT2D eigenvalue weighted by Gasteiger charge is -2.21. The van der Waals surface area contributed by atoms with Crippen molar-refractivity contribution in [2.75, 3.05) is 18.0 Å². The van der Waals surface area contributed by atoms with Gasteiger partial charge in [-0.2, -0.15) is 0 Å². The van der Waals surface area contributed by atoms with E-state index in [0.29, 0.717) is 0 Å². The molecule has 0 bridgehead atoms. The lowest BCUT2D eigenvalue weighted by molar-refractivity contribution is 0.521. The van der Waals surface area contributed by atoms with Gasteiger partial charge in [-0.25, -0.2) is 4.98 Å². The zero-order chi connectivity index (χ0) is 13.7. The van der Waals surface area contributed by atoms with Crippen LogP contribution in [0.4, 0.5) is 5.82 Å². The molecule has 0 amide bonds. The van der Waals surface area contributed by atoms with Gasteiger partial charge in [0.15, 0.2) is 0 Å². The highest BCUT2D eigenvalue weighted by Crippen LogP contribution is 2.21. The maximum atomic E-state index is 5.98. The van der Waals surface area contributed by atoms with Crippen LogP contribution in [0.1, 0.15) is 45.1 Å². The lowest BCUT2D eigenvalue weighted by Crippen LogP contribution is -2.25. The molecular weight excluding hydrogens is 234 g/mol. The Hall–Kier alpha value is -1.09. The number of anilines is 1. The molecule has 0 radical (unpaired) electrons. The molecule has 1 aliphatic rings. The van der Waals surface area contributed by atoms with Gasteiger partial charge in [-0.15, -0.1) is 0 Å². The average Bonchev–Trinajstić information content (AvgIpc) is 2.64. The Kier molecular flexibility index (Phi) is 5.20. The summed E-state index contributed by atoms with van der Waals surface area (Å²) in [6, 6.07) is 4.60. The summed E-state index contributed by atoms with van der Waals surface area (Å²) < 4.78 is 0. The van der Waals surface area contributed by atoms with E-state index in [4.69, 9.17) is 5.73 Å². The molecule has 2 rings (SSSR count). The molecule has 1 aromatic rings. The predicted octanol–water partition coefficient (Wildman–Crippen LogP) is 2.99. The van der Waals surface area contributed by atoms with E-state index in [-0.39, 0.29) is 6.04 Å². The quantitative estimate of drug-likeness (QED) is 0.906. The van der Waals surface area contributed by atoms with E-state index in [0.717, 1.165) is 37.7 Å². The first kappa shape index (κ1) is 14.3. The average molecular weight is 261 g/mol. The fourth-order valence-electron chi connectivity index (χ4n) is 2.66. The number of rotatable bonds is 4. The van der Waals surface area contributed by atoms with Crippen LogP contribution in [-0.2, 0) is 6.42 Å². The molecule has 1 saturated heterocycles. The van der Waals surface area contributed by atoms with Crippen molar-refractivity contribution in [1.29, 1.82) is 0 Å². The van der Waals surface area contributed by atoms with Crippen molar-refractivity contribution in [2.24, 2.45) is 11.7 Å². The van der Waals surface area contributed by atoms with Gasteiger partial charge < -0.3 is 10.6 Å². The van der Waals surface area contributed by atoms with E-state index < -0.39 is 0 Å². The van der Waals surface area contributed by atoms with Crippen LogP contribution < -0.4 is 10.6 Å². The summed E-state index contributed by atoms with van der Waals surface area (Å²) in [4.78, 5) is 7.05. The Bertz CT molecular complexity index is 374. The van der Waals surface area contributed by atoms with Crippen molar-refractivity contribution in [3.05, 3.63) is 23.9 Å². The molecule has 0 aromatic carbocycles. The zero-order valence-corrected chi connectivity index (χ0v) is 12.3. The highest BCUT2D eigenvalue weighted by molar-refractivity contribution is 5.39. The Balaban J connectivity index is 1.97. The van der Waals surface area contributed by atoms with Crippen molar-refractivity contribution in [3.63, 3.8) is 0 Å². The minimum absolute atomic E-state index is 0.256. The van der Waals surface area contributed by atoms with Gasteiger partial charge in [0.2, 0.25) is 0 Å². The van der Waals surface area contributed by atoms with Crippen molar-refractivity contribution < 1.29 is 0 Å². The molecule has 1 fully saturated rings. The first-order valence-corrected chi connectivity index (χ1v) is 7.64. The minimum Gasteiger partial charge on any atom is -0.357 e. The standard InChI is InChI=1S/C16H27N3/c1-3-15(17)11-14-6-7-16(18-12-14)19-9-4-5-13(2)8-10-19/h6-7,12-13,15H,3-5,8-11,17H2,1-2H3. The van der Waals surface area contributed by atoms with Gasteiger partial charge in [0.1, 0.15) is 5.82 Å². The molecule has 0 aliphatic carbocycles. The van der Waals surface area contributed by atoms with Gasteiger partial charge in [-0.1, -0.05) is 19.9 Å².